The summed E-state index contributed by atoms with van der Waals surface area (Å²) in [5, 5.41) is 3.47. The molecule has 0 aliphatic rings. The minimum Gasteiger partial charge on any atom is -0.472 e. The topological polar surface area (TPSA) is 28.4 Å². The highest BCUT2D eigenvalue weighted by Gasteiger charge is 2.07. The minimum absolute atomic E-state index is 0.671. The van der Waals surface area contributed by atoms with E-state index in [0.717, 1.165) is 24.1 Å². The van der Waals surface area contributed by atoms with Gasteiger partial charge in [0, 0.05) is 35.9 Å². The molecule has 0 saturated carbocycles. The first kappa shape index (κ1) is 16.1. The Kier molecular flexibility index (Phi) is 5.88. The maximum atomic E-state index is 5.11. The average Bonchev–Trinajstić information content (AvgIpc) is 2.93. The van der Waals surface area contributed by atoms with E-state index < -0.39 is 0 Å². The Morgan fingerprint density at radius 3 is 2.71 bits per heavy atom. The second-order valence-electron chi connectivity index (χ2n) is 5.79. The van der Waals surface area contributed by atoms with Crippen LogP contribution in [0.15, 0.2) is 45.7 Å². The number of halogens is 1. The van der Waals surface area contributed by atoms with Gasteiger partial charge in [-0.15, -0.1) is 0 Å². The summed E-state index contributed by atoms with van der Waals surface area (Å²) in [5.41, 5.74) is 3.66. The number of hydrogen-bond donors (Lipinski definition) is 1. The predicted octanol–water partition coefficient (Wildman–Crippen LogP) is 4.42. The third-order valence-electron chi connectivity index (χ3n) is 3.35. The SMILES string of the molecule is CC(C)CNCc1ccc(N(C)Cc2ccoc2)cc1Br. The van der Waals surface area contributed by atoms with Gasteiger partial charge in [-0.2, -0.15) is 0 Å². The van der Waals surface area contributed by atoms with Gasteiger partial charge in [-0.3, -0.25) is 0 Å². The van der Waals surface area contributed by atoms with E-state index in [1.54, 1.807) is 12.5 Å². The van der Waals surface area contributed by atoms with E-state index in [1.165, 1.54) is 16.8 Å². The summed E-state index contributed by atoms with van der Waals surface area (Å²) >= 11 is 3.68. The van der Waals surface area contributed by atoms with Crippen molar-refractivity contribution in [2.24, 2.45) is 5.92 Å². The molecule has 0 saturated heterocycles. The van der Waals surface area contributed by atoms with E-state index in [9.17, 15) is 0 Å². The van der Waals surface area contributed by atoms with Crippen LogP contribution >= 0.6 is 15.9 Å². The Bertz CT molecular complexity index is 552. The highest BCUT2D eigenvalue weighted by Crippen LogP contribution is 2.24. The standard InChI is InChI=1S/C17H23BrN2O/c1-13(2)9-19-10-15-4-5-16(8-17(15)18)20(3)11-14-6-7-21-12-14/h4-8,12-13,19H,9-11H2,1-3H3. The van der Waals surface area contributed by atoms with Crippen molar-refractivity contribution in [3.8, 4) is 0 Å². The average molecular weight is 351 g/mol. The quantitative estimate of drug-likeness (QED) is 0.800. The molecule has 0 radical (unpaired) electrons. The second kappa shape index (κ2) is 7.66. The van der Waals surface area contributed by atoms with Gasteiger partial charge in [0.2, 0.25) is 0 Å². The normalized spacial score (nSPS) is 11.1. The van der Waals surface area contributed by atoms with Crippen LogP contribution < -0.4 is 10.2 Å². The number of nitrogens with zero attached hydrogens (tertiary/aromatic N) is 1. The van der Waals surface area contributed by atoms with Crippen molar-refractivity contribution in [3.05, 3.63) is 52.4 Å². The van der Waals surface area contributed by atoms with Gasteiger partial charge in [0.1, 0.15) is 0 Å². The monoisotopic (exact) mass is 350 g/mol. The van der Waals surface area contributed by atoms with Crippen molar-refractivity contribution in [2.45, 2.75) is 26.9 Å². The fourth-order valence-electron chi connectivity index (χ4n) is 2.16. The van der Waals surface area contributed by atoms with E-state index in [4.69, 9.17) is 4.42 Å². The molecule has 1 aromatic carbocycles. The summed E-state index contributed by atoms with van der Waals surface area (Å²) in [6.07, 6.45) is 3.50. The van der Waals surface area contributed by atoms with Gasteiger partial charge in [-0.1, -0.05) is 35.8 Å². The van der Waals surface area contributed by atoms with Crippen LogP contribution in [0.2, 0.25) is 0 Å². The maximum Gasteiger partial charge on any atom is 0.0952 e. The molecule has 3 nitrogen and oxygen atoms in total. The third-order valence-corrected chi connectivity index (χ3v) is 4.08. The number of rotatable bonds is 7. The van der Waals surface area contributed by atoms with Gasteiger partial charge < -0.3 is 14.6 Å². The van der Waals surface area contributed by atoms with Crippen molar-refractivity contribution >= 4 is 21.6 Å². The van der Waals surface area contributed by atoms with Gasteiger partial charge in [0.25, 0.3) is 0 Å². The van der Waals surface area contributed by atoms with Gasteiger partial charge in [-0.25, -0.2) is 0 Å². The molecule has 1 heterocycles. The lowest BCUT2D eigenvalue weighted by molar-refractivity contribution is 0.552. The molecule has 1 aromatic heterocycles. The Morgan fingerprint density at radius 1 is 1.29 bits per heavy atom. The molecule has 2 aromatic rings. The molecule has 0 aliphatic carbocycles. The van der Waals surface area contributed by atoms with E-state index in [0.29, 0.717) is 5.92 Å². The molecule has 0 atom stereocenters. The van der Waals surface area contributed by atoms with Crippen LogP contribution in [0.25, 0.3) is 0 Å². The molecule has 0 unspecified atom stereocenters. The van der Waals surface area contributed by atoms with E-state index >= 15 is 0 Å². The van der Waals surface area contributed by atoms with Crippen LogP contribution in [-0.2, 0) is 13.1 Å². The van der Waals surface area contributed by atoms with Crippen LogP contribution in [0.3, 0.4) is 0 Å². The lowest BCUT2D eigenvalue weighted by Crippen LogP contribution is -2.19. The predicted molar refractivity (Wildman–Crippen MR) is 91.5 cm³/mol. The summed E-state index contributed by atoms with van der Waals surface area (Å²) in [6.45, 7) is 7.21. The zero-order valence-corrected chi connectivity index (χ0v) is 14.5. The fraction of sp³-hybridized carbons (Fsp3) is 0.412. The lowest BCUT2D eigenvalue weighted by atomic mass is 10.1. The Morgan fingerprint density at radius 2 is 2.10 bits per heavy atom. The molecule has 0 fully saturated rings. The smallest absolute Gasteiger partial charge is 0.0952 e. The Balaban J connectivity index is 1.97. The number of nitrogens with one attached hydrogen (secondary N) is 1. The summed E-state index contributed by atoms with van der Waals surface area (Å²) in [4.78, 5) is 2.21. The summed E-state index contributed by atoms with van der Waals surface area (Å²) in [7, 11) is 2.09. The van der Waals surface area contributed by atoms with Crippen molar-refractivity contribution in [2.75, 3.05) is 18.5 Å². The van der Waals surface area contributed by atoms with Gasteiger partial charge in [-0.05, 0) is 36.2 Å². The largest absolute Gasteiger partial charge is 0.472 e. The molecular weight excluding hydrogens is 328 g/mol. The first-order valence-corrected chi connectivity index (χ1v) is 8.07. The van der Waals surface area contributed by atoms with Crippen molar-refractivity contribution in [1.29, 1.82) is 0 Å². The van der Waals surface area contributed by atoms with Crippen LogP contribution in [0, 0.1) is 5.92 Å². The highest BCUT2D eigenvalue weighted by molar-refractivity contribution is 9.10. The number of furan rings is 1. The zero-order chi connectivity index (χ0) is 15.2. The summed E-state index contributed by atoms with van der Waals surface area (Å²) in [6, 6.07) is 8.51. The maximum absolute atomic E-state index is 5.11. The molecule has 0 spiro atoms. The molecule has 0 bridgehead atoms. The Labute approximate surface area is 135 Å². The van der Waals surface area contributed by atoms with Crippen molar-refractivity contribution < 1.29 is 4.42 Å². The summed E-state index contributed by atoms with van der Waals surface area (Å²) in [5.74, 6) is 0.671. The van der Waals surface area contributed by atoms with E-state index in [-0.39, 0.29) is 0 Å². The Hall–Kier alpha value is -1.26. The first-order chi connectivity index (χ1) is 10.1. The van der Waals surface area contributed by atoms with Crippen molar-refractivity contribution in [3.63, 3.8) is 0 Å². The number of hydrogen-bond acceptors (Lipinski definition) is 3. The van der Waals surface area contributed by atoms with Crippen LogP contribution in [0.5, 0.6) is 0 Å². The van der Waals surface area contributed by atoms with Crippen LogP contribution in [0.1, 0.15) is 25.0 Å². The van der Waals surface area contributed by atoms with Crippen molar-refractivity contribution in [1.82, 2.24) is 5.32 Å². The minimum atomic E-state index is 0.671. The molecule has 2 rings (SSSR count). The highest BCUT2D eigenvalue weighted by atomic mass is 79.9. The molecule has 21 heavy (non-hydrogen) atoms. The number of anilines is 1. The molecule has 0 amide bonds. The number of benzene rings is 1. The lowest BCUT2D eigenvalue weighted by Gasteiger charge is -2.20. The molecule has 0 aliphatic heterocycles. The van der Waals surface area contributed by atoms with Crippen LogP contribution in [-0.4, -0.2) is 13.6 Å². The molecule has 114 valence electrons. The molecular formula is C17H23BrN2O. The van der Waals surface area contributed by atoms with Gasteiger partial charge >= 0.3 is 0 Å². The molecule has 1 N–H and O–H groups in total. The van der Waals surface area contributed by atoms with E-state index in [2.05, 4.69) is 65.2 Å². The second-order valence-corrected chi connectivity index (χ2v) is 6.64. The van der Waals surface area contributed by atoms with Gasteiger partial charge in [0.15, 0.2) is 0 Å². The van der Waals surface area contributed by atoms with Gasteiger partial charge in [0.05, 0.1) is 12.5 Å². The third kappa shape index (κ3) is 4.90. The fourth-order valence-corrected chi connectivity index (χ4v) is 2.67. The molecule has 4 heteroatoms. The summed E-state index contributed by atoms with van der Waals surface area (Å²) < 4.78 is 6.26. The van der Waals surface area contributed by atoms with E-state index in [1.807, 2.05) is 6.07 Å². The first-order valence-electron chi connectivity index (χ1n) is 7.27. The van der Waals surface area contributed by atoms with Crippen LogP contribution in [0.4, 0.5) is 5.69 Å². The zero-order valence-electron chi connectivity index (χ0n) is 12.9.